The molecule has 60 heavy (non-hydrogen) atoms. The predicted octanol–water partition coefficient (Wildman–Crippen LogP) is 9.93. The summed E-state index contributed by atoms with van der Waals surface area (Å²) < 4.78 is 22.5. The highest BCUT2D eigenvalue weighted by atomic mass is 16.5. The number of hydrogen-bond acceptors (Lipinski definition) is 10. The van der Waals surface area contributed by atoms with E-state index in [2.05, 4.69) is 9.97 Å². The van der Waals surface area contributed by atoms with Crippen molar-refractivity contribution in [2.24, 2.45) is 0 Å². The molecular formula is C48H38N4O8. The number of H-pyrrole nitrogens is 2. The van der Waals surface area contributed by atoms with E-state index < -0.39 is 0 Å². The van der Waals surface area contributed by atoms with E-state index in [0.717, 1.165) is 16.7 Å². The van der Waals surface area contributed by atoms with Crippen LogP contribution in [-0.4, -0.2) is 68.8 Å². The molecule has 0 fully saturated rings. The quantitative estimate of drug-likeness (QED) is 0.0868. The second kappa shape index (κ2) is 15.0. The summed E-state index contributed by atoms with van der Waals surface area (Å²) in [7, 11) is 5.96. The van der Waals surface area contributed by atoms with Crippen LogP contribution < -0.4 is 18.9 Å². The SMILES string of the molecule is COc1cc(C2=Cc3cc4ccc(cc5nc(cc6[nH]c(c(-c7ccc(O)c(OC)c7)c2n3)c(-c2ccc(O)c(OC)c2)c6-c2ccc(O)c(OC)c2)C=C5)[nH]4)ccc1O. The Balaban J connectivity index is 1.55. The molecule has 12 nitrogen and oxygen atoms in total. The monoisotopic (exact) mass is 798 g/mol. The molecule has 6 N–H and O–H groups in total. The number of hydrogen-bond donors (Lipinski definition) is 6. The molecule has 4 aromatic carbocycles. The Labute approximate surface area is 343 Å². The number of aromatic amines is 2. The molecule has 2 aliphatic rings. The van der Waals surface area contributed by atoms with Gasteiger partial charge in [0.15, 0.2) is 46.0 Å². The van der Waals surface area contributed by atoms with Gasteiger partial charge in [-0.2, -0.15) is 0 Å². The zero-order valence-corrected chi connectivity index (χ0v) is 32.9. The third-order valence-corrected chi connectivity index (χ3v) is 10.5. The van der Waals surface area contributed by atoms with E-state index in [4.69, 9.17) is 28.9 Å². The highest BCUT2D eigenvalue weighted by Gasteiger charge is 2.26. The van der Waals surface area contributed by atoms with Crippen LogP contribution in [0.1, 0.15) is 28.3 Å². The summed E-state index contributed by atoms with van der Waals surface area (Å²) in [6.07, 6.45) is 5.84. The van der Waals surface area contributed by atoms with Crippen LogP contribution in [0.15, 0.2) is 103 Å². The van der Waals surface area contributed by atoms with Crippen LogP contribution in [0.5, 0.6) is 46.0 Å². The summed E-state index contributed by atoms with van der Waals surface area (Å²) in [5, 5.41) is 43.2. The van der Waals surface area contributed by atoms with Gasteiger partial charge in [0.05, 0.1) is 56.7 Å². The number of rotatable bonds is 8. The summed E-state index contributed by atoms with van der Waals surface area (Å²) in [4.78, 5) is 17.5. The number of nitrogens with one attached hydrogen (secondary N) is 2. The fourth-order valence-electron chi connectivity index (χ4n) is 7.69. The van der Waals surface area contributed by atoms with Crippen molar-refractivity contribution in [2.45, 2.75) is 0 Å². The number of ether oxygens (including phenoxy) is 4. The van der Waals surface area contributed by atoms with Crippen molar-refractivity contribution in [1.82, 2.24) is 19.9 Å². The van der Waals surface area contributed by atoms with Gasteiger partial charge in [-0.3, -0.25) is 0 Å². The summed E-state index contributed by atoms with van der Waals surface area (Å²) in [5.41, 5.74) is 10.8. The van der Waals surface area contributed by atoms with E-state index in [-0.39, 0.29) is 46.0 Å². The first-order valence-electron chi connectivity index (χ1n) is 18.8. The smallest absolute Gasteiger partial charge is 0.161 e. The summed E-state index contributed by atoms with van der Waals surface area (Å²) in [6.45, 7) is 0. The molecule has 0 aliphatic carbocycles. The van der Waals surface area contributed by atoms with Gasteiger partial charge in [-0.05, 0) is 119 Å². The third kappa shape index (κ3) is 6.65. The molecule has 2 aliphatic heterocycles. The van der Waals surface area contributed by atoms with Crippen molar-refractivity contribution in [3.8, 4) is 79.4 Å². The number of phenolic OH excluding ortho intramolecular Hbond substituents is 4. The van der Waals surface area contributed by atoms with E-state index in [0.29, 0.717) is 72.6 Å². The highest BCUT2D eigenvalue weighted by molar-refractivity contribution is 6.11. The third-order valence-electron chi connectivity index (χ3n) is 10.5. The summed E-state index contributed by atoms with van der Waals surface area (Å²) in [6, 6.07) is 30.3. The molecule has 12 heteroatoms. The second-order valence-corrected chi connectivity index (χ2v) is 14.1. The van der Waals surface area contributed by atoms with Crippen molar-refractivity contribution in [3.05, 3.63) is 131 Å². The molecule has 0 spiro atoms. The molecule has 7 aromatic rings. The van der Waals surface area contributed by atoms with Crippen molar-refractivity contribution in [1.29, 1.82) is 0 Å². The fraction of sp³-hybridized carbons (Fsp3) is 0.0833. The van der Waals surface area contributed by atoms with E-state index in [1.807, 2.05) is 48.6 Å². The molecule has 0 saturated carbocycles. The average molecular weight is 799 g/mol. The number of benzene rings is 4. The Kier molecular flexibility index (Phi) is 9.36. The molecule has 3 aromatic heterocycles. The predicted molar refractivity (Wildman–Crippen MR) is 233 cm³/mol. The van der Waals surface area contributed by atoms with Crippen molar-refractivity contribution in [3.63, 3.8) is 0 Å². The van der Waals surface area contributed by atoms with Gasteiger partial charge in [-0.15, -0.1) is 0 Å². The van der Waals surface area contributed by atoms with Crippen LogP contribution in [0.25, 0.3) is 79.2 Å². The van der Waals surface area contributed by atoms with Crippen molar-refractivity contribution in [2.75, 3.05) is 28.4 Å². The number of aromatic hydroxyl groups is 4. The van der Waals surface area contributed by atoms with Gasteiger partial charge in [-0.1, -0.05) is 24.3 Å². The molecule has 0 saturated heterocycles. The minimum Gasteiger partial charge on any atom is -0.504 e. The minimum atomic E-state index is -0.0543. The van der Waals surface area contributed by atoms with Gasteiger partial charge in [-0.25, -0.2) is 9.97 Å². The van der Waals surface area contributed by atoms with Gasteiger partial charge in [0.1, 0.15) is 0 Å². The van der Waals surface area contributed by atoms with E-state index >= 15 is 0 Å². The first-order chi connectivity index (χ1) is 29.1. The standard InChI is InChI=1S/C48H38N4O8/c1-57-40-17-25(5-13-36(40)53)34-23-33-22-31-10-9-29(49-31)21-30-11-12-32(50-30)24-35-44(26-6-14-37(54)41(18-26)58-2)45(27-7-15-38(55)42(19-27)59-3)48(52-35)46(47(34)51-33)28-8-16-39(56)43(20-28)60-4/h5-24,49,52-56H,1-4H3. The van der Waals surface area contributed by atoms with Gasteiger partial charge < -0.3 is 49.3 Å². The molecule has 9 rings (SSSR count). The van der Waals surface area contributed by atoms with Gasteiger partial charge >= 0.3 is 0 Å². The van der Waals surface area contributed by atoms with E-state index in [1.165, 1.54) is 28.4 Å². The van der Waals surface area contributed by atoms with Crippen LogP contribution >= 0.6 is 0 Å². The van der Waals surface area contributed by atoms with Crippen LogP contribution in [0.2, 0.25) is 0 Å². The zero-order chi connectivity index (χ0) is 41.7. The van der Waals surface area contributed by atoms with Crippen LogP contribution in [0, 0.1) is 0 Å². The molecule has 8 bridgehead atoms. The van der Waals surface area contributed by atoms with Crippen LogP contribution in [0.3, 0.4) is 0 Å². The Morgan fingerprint density at radius 3 is 1.42 bits per heavy atom. The number of nitrogens with zero attached hydrogens (tertiary/aromatic N) is 2. The maximum absolute atomic E-state index is 10.9. The van der Waals surface area contributed by atoms with Crippen molar-refractivity contribution < 1.29 is 39.4 Å². The van der Waals surface area contributed by atoms with E-state index in [9.17, 15) is 20.4 Å². The Morgan fingerprint density at radius 2 is 0.883 bits per heavy atom. The maximum atomic E-state index is 10.9. The molecule has 0 atom stereocenters. The highest BCUT2D eigenvalue weighted by Crippen LogP contribution is 2.49. The first-order valence-corrected chi connectivity index (χ1v) is 18.8. The Bertz CT molecular complexity index is 3110. The van der Waals surface area contributed by atoms with Gasteiger partial charge in [0.2, 0.25) is 0 Å². The molecule has 5 heterocycles. The number of fused-ring (bicyclic) bond motifs is 8. The molecule has 0 radical (unpaired) electrons. The number of phenols is 4. The Morgan fingerprint density at radius 1 is 0.433 bits per heavy atom. The van der Waals surface area contributed by atoms with Crippen LogP contribution in [0.4, 0.5) is 0 Å². The summed E-state index contributed by atoms with van der Waals surface area (Å²) in [5.74, 6) is 0.860. The summed E-state index contributed by atoms with van der Waals surface area (Å²) >= 11 is 0. The number of aromatic nitrogens is 4. The maximum Gasteiger partial charge on any atom is 0.161 e. The lowest BCUT2D eigenvalue weighted by molar-refractivity contribution is 0.373. The van der Waals surface area contributed by atoms with Gasteiger partial charge in [0.25, 0.3) is 0 Å². The molecule has 0 amide bonds. The topological polar surface area (TPSA) is 175 Å². The molecular weight excluding hydrogens is 761 g/mol. The van der Waals surface area contributed by atoms with E-state index in [1.54, 1.807) is 72.8 Å². The molecule has 298 valence electrons. The molecule has 0 unspecified atom stereocenters. The zero-order valence-electron chi connectivity index (χ0n) is 32.9. The van der Waals surface area contributed by atoms with Crippen LogP contribution in [-0.2, 0) is 0 Å². The first kappa shape index (κ1) is 37.5. The largest absolute Gasteiger partial charge is 0.504 e. The van der Waals surface area contributed by atoms with Gasteiger partial charge in [0, 0.05) is 38.8 Å². The minimum absolute atomic E-state index is 0.0199. The average Bonchev–Trinajstić information content (AvgIpc) is 4.07. The second-order valence-electron chi connectivity index (χ2n) is 14.1. The normalized spacial score (nSPS) is 12.0. The van der Waals surface area contributed by atoms with Crippen molar-refractivity contribution >= 4 is 45.9 Å². The lowest BCUT2D eigenvalue weighted by atomic mass is 9.90. The lowest BCUT2D eigenvalue weighted by Gasteiger charge is -2.15. The lowest BCUT2D eigenvalue weighted by Crippen LogP contribution is -1.95. The number of methoxy groups -OCH3 is 4. The fourth-order valence-corrected chi connectivity index (χ4v) is 7.69. The Hall–Kier alpha value is -8.12.